The van der Waals surface area contributed by atoms with E-state index < -0.39 is 20.9 Å². The van der Waals surface area contributed by atoms with E-state index in [2.05, 4.69) is 0 Å². The Kier molecular flexibility index (Phi) is 5.23. The van der Waals surface area contributed by atoms with Crippen molar-refractivity contribution in [1.82, 2.24) is 0 Å². The number of ether oxygens (including phenoxy) is 2. The molecule has 0 aliphatic heterocycles. The normalized spacial score (nSPS) is 12.7. The molecule has 0 saturated carbocycles. The van der Waals surface area contributed by atoms with Gasteiger partial charge < -0.3 is 15.2 Å². The molecule has 0 aromatic heterocycles. The number of hydrogen-bond donors (Lipinski definition) is 1. The number of sulfone groups is 1. The van der Waals surface area contributed by atoms with E-state index in [1.807, 2.05) is 0 Å². The lowest BCUT2D eigenvalue weighted by Crippen LogP contribution is -2.23. The number of rotatable bonds is 6. The summed E-state index contributed by atoms with van der Waals surface area (Å²) in [6.07, 6.45) is 0. The van der Waals surface area contributed by atoms with Crippen LogP contribution in [0.4, 0.5) is 4.39 Å². The van der Waals surface area contributed by atoms with Gasteiger partial charge in [-0.1, -0.05) is 6.07 Å². The van der Waals surface area contributed by atoms with Crippen molar-refractivity contribution in [3.8, 4) is 11.5 Å². The van der Waals surface area contributed by atoms with Crippen LogP contribution in [0.2, 0.25) is 0 Å². The van der Waals surface area contributed by atoms with Crippen LogP contribution in [0, 0.1) is 5.82 Å². The van der Waals surface area contributed by atoms with Crippen LogP contribution in [0.5, 0.6) is 11.5 Å². The Balaban J connectivity index is 2.52. The van der Waals surface area contributed by atoms with Crippen LogP contribution >= 0.6 is 0 Å². The summed E-state index contributed by atoms with van der Waals surface area (Å²) in [7, 11) is -0.841. The molecule has 0 aliphatic rings. The lowest BCUT2D eigenvalue weighted by atomic mass is 10.1. The molecule has 2 aromatic carbocycles. The first kappa shape index (κ1) is 17.2. The fourth-order valence-electron chi connectivity index (χ4n) is 2.29. The number of benzene rings is 2. The highest BCUT2D eigenvalue weighted by Crippen LogP contribution is 2.36. The Labute approximate surface area is 134 Å². The first-order valence-electron chi connectivity index (χ1n) is 6.85. The van der Waals surface area contributed by atoms with E-state index in [1.54, 1.807) is 18.2 Å². The smallest absolute Gasteiger partial charge is 0.186 e. The molecule has 0 aliphatic carbocycles. The van der Waals surface area contributed by atoms with Crippen molar-refractivity contribution in [1.29, 1.82) is 0 Å². The summed E-state index contributed by atoms with van der Waals surface area (Å²) >= 11 is 0. The topological polar surface area (TPSA) is 78.6 Å². The van der Waals surface area contributed by atoms with E-state index in [0.717, 1.165) is 12.1 Å². The summed E-state index contributed by atoms with van der Waals surface area (Å²) in [5, 5.41) is -1.01. The molecule has 0 heterocycles. The standard InChI is InChI=1S/C16H18FNO4S/c1-21-12-5-8-14(15(9-12)22-2)16(10-18)23(19,20)13-6-3-11(17)4-7-13/h3-9,16H,10,18H2,1-2H3. The fourth-order valence-corrected chi connectivity index (χ4v) is 3.92. The van der Waals surface area contributed by atoms with Crippen LogP contribution in [0.15, 0.2) is 47.4 Å². The van der Waals surface area contributed by atoms with Gasteiger partial charge in [0.05, 0.1) is 19.1 Å². The maximum Gasteiger partial charge on any atom is 0.186 e. The monoisotopic (exact) mass is 339 g/mol. The highest BCUT2D eigenvalue weighted by Gasteiger charge is 2.30. The van der Waals surface area contributed by atoms with E-state index in [0.29, 0.717) is 17.1 Å². The van der Waals surface area contributed by atoms with Crippen LogP contribution in [0.25, 0.3) is 0 Å². The molecular formula is C16H18FNO4S. The lowest BCUT2D eigenvalue weighted by Gasteiger charge is -2.19. The van der Waals surface area contributed by atoms with Gasteiger partial charge in [-0.15, -0.1) is 0 Å². The van der Waals surface area contributed by atoms with Gasteiger partial charge in [-0.05, 0) is 30.3 Å². The second kappa shape index (κ2) is 6.97. The minimum atomic E-state index is -3.79. The van der Waals surface area contributed by atoms with Gasteiger partial charge in [0, 0.05) is 18.2 Å². The maximum atomic E-state index is 13.0. The molecule has 0 saturated heterocycles. The number of halogens is 1. The number of methoxy groups -OCH3 is 2. The van der Waals surface area contributed by atoms with Crippen molar-refractivity contribution in [2.45, 2.75) is 10.1 Å². The molecule has 7 heteroatoms. The third-order valence-electron chi connectivity index (χ3n) is 3.52. The molecule has 0 fully saturated rings. The van der Waals surface area contributed by atoms with Crippen LogP contribution < -0.4 is 15.2 Å². The number of nitrogens with two attached hydrogens (primary N) is 1. The molecule has 2 N–H and O–H groups in total. The molecule has 1 atom stereocenters. The van der Waals surface area contributed by atoms with Crippen LogP contribution in [0.3, 0.4) is 0 Å². The van der Waals surface area contributed by atoms with Gasteiger partial charge in [0.1, 0.15) is 22.6 Å². The van der Waals surface area contributed by atoms with Crippen molar-refractivity contribution in [2.75, 3.05) is 20.8 Å². The highest BCUT2D eigenvalue weighted by molar-refractivity contribution is 7.91. The zero-order chi connectivity index (χ0) is 17.0. The van der Waals surface area contributed by atoms with Crippen molar-refractivity contribution < 1.29 is 22.3 Å². The van der Waals surface area contributed by atoms with Crippen molar-refractivity contribution in [3.63, 3.8) is 0 Å². The van der Waals surface area contributed by atoms with E-state index in [9.17, 15) is 12.8 Å². The first-order chi connectivity index (χ1) is 10.9. The summed E-state index contributed by atoms with van der Waals surface area (Å²) in [4.78, 5) is 0.00669. The Morgan fingerprint density at radius 3 is 2.26 bits per heavy atom. The average Bonchev–Trinajstić information content (AvgIpc) is 2.56. The summed E-state index contributed by atoms with van der Waals surface area (Å²) in [6.45, 7) is -0.137. The summed E-state index contributed by atoms with van der Waals surface area (Å²) in [5.41, 5.74) is 6.14. The zero-order valence-corrected chi connectivity index (χ0v) is 13.6. The second-order valence-corrected chi connectivity index (χ2v) is 6.96. The number of hydrogen-bond acceptors (Lipinski definition) is 5. The van der Waals surface area contributed by atoms with Crippen LogP contribution in [-0.2, 0) is 9.84 Å². The minimum Gasteiger partial charge on any atom is -0.497 e. The Morgan fingerprint density at radius 2 is 1.74 bits per heavy atom. The van der Waals surface area contributed by atoms with E-state index >= 15 is 0 Å². The molecule has 2 aromatic rings. The first-order valence-corrected chi connectivity index (χ1v) is 8.40. The molecular weight excluding hydrogens is 321 g/mol. The molecule has 23 heavy (non-hydrogen) atoms. The van der Waals surface area contributed by atoms with Crippen molar-refractivity contribution in [2.24, 2.45) is 5.73 Å². The van der Waals surface area contributed by atoms with Crippen molar-refractivity contribution >= 4 is 9.84 Å². The van der Waals surface area contributed by atoms with Gasteiger partial charge >= 0.3 is 0 Å². The maximum absolute atomic E-state index is 13.0. The largest absolute Gasteiger partial charge is 0.497 e. The highest BCUT2D eigenvalue weighted by atomic mass is 32.2. The Hall–Kier alpha value is -2.12. The quantitative estimate of drug-likeness (QED) is 0.817. The van der Waals surface area contributed by atoms with Gasteiger partial charge in [0.25, 0.3) is 0 Å². The molecule has 0 bridgehead atoms. The predicted octanol–water partition coefficient (Wildman–Crippen LogP) is 2.32. The SMILES string of the molecule is COc1ccc(C(CN)S(=O)(=O)c2ccc(F)cc2)c(OC)c1. The lowest BCUT2D eigenvalue weighted by molar-refractivity contribution is 0.390. The minimum absolute atomic E-state index is 0.00669. The molecule has 2 rings (SSSR count). The Morgan fingerprint density at radius 1 is 1.09 bits per heavy atom. The van der Waals surface area contributed by atoms with Gasteiger partial charge in [-0.2, -0.15) is 0 Å². The van der Waals surface area contributed by atoms with Crippen LogP contribution in [0.1, 0.15) is 10.8 Å². The molecule has 5 nitrogen and oxygen atoms in total. The van der Waals surface area contributed by atoms with E-state index in [-0.39, 0.29) is 11.4 Å². The zero-order valence-electron chi connectivity index (χ0n) is 12.8. The molecule has 124 valence electrons. The van der Waals surface area contributed by atoms with Crippen LogP contribution in [-0.4, -0.2) is 29.2 Å². The van der Waals surface area contributed by atoms with Gasteiger partial charge in [-0.25, -0.2) is 12.8 Å². The third kappa shape index (κ3) is 3.46. The molecule has 0 spiro atoms. The van der Waals surface area contributed by atoms with Crippen molar-refractivity contribution in [3.05, 3.63) is 53.8 Å². The average molecular weight is 339 g/mol. The molecule has 0 radical (unpaired) electrons. The van der Waals surface area contributed by atoms with Gasteiger partial charge in [0.2, 0.25) is 0 Å². The van der Waals surface area contributed by atoms with E-state index in [4.69, 9.17) is 15.2 Å². The molecule has 0 amide bonds. The summed E-state index contributed by atoms with van der Waals surface area (Å²) in [5.74, 6) is 0.404. The van der Waals surface area contributed by atoms with Gasteiger partial charge in [-0.3, -0.25) is 0 Å². The fraction of sp³-hybridized carbons (Fsp3) is 0.250. The predicted molar refractivity (Wildman–Crippen MR) is 84.9 cm³/mol. The third-order valence-corrected chi connectivity index (χ3v) is 5.64. The summed E-state index contributed by atoms with van der Waals surface area (Å²) < 4.78 is 49.0. The van der Waals surface area contributed by atoms with E-state index in [1.165, 1.54) is 26.4 Å². The second-order valence-electron chi connectivity index (χ2n) is 4.83. The molecule has 1 unspecified atom stereocenters. The summed E-state index contributed by atoms with van der Waals surface area (Å²) in [6, 6.07) is 9.50. The van der Waals surface area contributed by atoms with Gasteiger partial charge in [0.15, 0.2) is 9.84 Å². The Bertz CT molecular complexity index is 775.